The number of benzene rings is 1. The average Bonchev–Trinajstić information content (AvgIpc) is 3.05. The van der Waals surface area contributed by atoms with E-state index in [9.17, 15) is 18.0 Å². The Bertz CT molecular complexity index is 550. The van der Waals surface area contributed by atoms with Crippen LogP contribution in [-0.2, 0) is 11.3 Å². The van der Waals surface area contributed by atoms with E-state index >= 15 is 0 Å². The molecule has 1 aromatic carbocycles. The monoisotopic (exact) mass is 330 g/mol. The molecule has 1 N–H and O–H groups in total. The SMILES string of the molecule is O=C(OCc1ccc(OC(F)(F)F)cc1)N1C[C@@H]2CNC[C@H]2C1. The van der Waals surface area contributed by atoms with Crippen LogP contribution >= 0.6 is 0 Å². The molecule has 0 aliphatic carbocycles. The van der Waals surface area contributed by atoms with E-state index in [1.807, 2.05) is 0 Å². The van der Waals surface area contributed by atoms with Crippen LogP contribution in [0.3, 0.4) is 0 Å². The first kappa shape index (κ1) is 15.9. The minimum absolute atomic E-state index is 0.0230. The van der Waals surface area contributed by atoms with Crippen LogP contribution < -0.4 is 10.1 Å². The second-order valence-electron chi connectivity index (χ2n) is 5.83. The van der Waals surface area contributed by atoms with Gasteiger partial charge in [0.1, 0.15) is 12.4 Å². The summed E-state index contributed by atoms with van der Waals surface area (Å²) in [5, 5.41) is 3.29. The van der Waals surface area contributed by atoms with Crippen LogP contribution in [-0.4, -0.2) is 43.5 Å². The second-order valence-corrected chi connectivity index (χ2v) is 5.83. The summed E-state index contributed by atoms with van der Waals surface area (Å²) in [4.78, 5) is 13.7. The zero-order valence-electron chi connectivity index (χ0n) is 12.3. The lowest BCUT2D eigenvalue weighted by Gasteiger charge is -2.17. The molecule has 2 fully saturated rings. The summed E-state index contributed by atoms with van der Waals surface area (Å²) in [6.07, 6.45) is -5.09. The van der Waals surface area contributed by atoms with E-state index in [0.717, 1.165) is 13.1 Å². The first-order valence-electron chi connectivity index (χ1n) is 7.38. The van der Waals surface area contributed by atoms with Gasteiger partial charge in [-0.05, 0) is 29.5 Å². The number of alkyl halides is 3. The Morgan fingerprint density at radius 1 is 1.17 bits per heavy atom. The second kappa shape index (κ2) is 6.27. The number of carbonyl (C=O) groups excluding carboxylic acids is 1. The molecule has 0 radical (unpaired) electrons. The highest BCUT2D eigenvalue weighted by molar-refractivity contribution is 5.68. The number of halogens is 3. The first-order chi connectivity index (χ1) is 10.9. The van der Waals surface area contributed by atoms with Crippen molar-refractivity contribution in [2.75, 3.05) is 26.2 Å². The van der Waals surface area contributed by atoms with E-state index in [1.165, 1.54) is 24.3 Å². The standard InChI is InChI=1S/C15H17F3N2O3/c16-15(17,18)23-13-3-1-10(2-4-13)9-22-14(21)20-7-11-5-19-6-12(11)8-20/h1-4,11-12,19H,5-9H2/t11-,12-/m0/s1. The predicted octanol–water partition coefficient (Wildman–Crippen LogP) is 2.37. The summed E-state index contributed by atoms with van der Waals surface area (Å²) in [5.41, 5.74) is 0.605. The van der Waals surface area contributed by atoms with E-state index in [2.05, 4.69) is 10.1 Å². The Balaban J connectivity index is 1.47. The highest BCUT2D eigenvalue weighted by Gasteiger charge is 2.38. The number of nitrogens with one attached hydrogen (secondary N) is 1. The zero-order chi connectivity index (χ0) is 16.4. The quantitative estimate of drug-likeness (QED) is 0.924. The number of hydrogen-bond acceptors (Lipinski definition) is 4. The van der Waals surface area contributed by atoms with E-state index in [0.29, 0.717) is 30.5 Å². The van der Waals surface area contributed by atoms with Crippen molar-refractivity contribution in [2.45, 2.75) is 13.0 Å². The van der Waals surface area contributed by atoms with Crippen LogP contribution in [0.1, 0.15) is 5.56 Å². The fraction of sp³-hybridized carbons (Fsp3) is 0.533. The number of hydrogen-bond donors (Lipinski definition) is 1. The van der Waals surface area contributed by atoms with Gasteiger partial charge < -0.3 is 19.7 Å². The largest absolute Gasteiger partial charge is 0.573 e. The number of amides is 1. The summed E-state index contributed by atoms with van der Waals surface area (Å²) in [6, 6.07) is 5.28. The first-order valence-corrected chi connectivity index (χ1v) is 7.38. The number of rotatable bonds is 3. The topological polar surface area (TPSA) is 50.8 Å². The molecule has 0 spiro atoms. The van der Waals surface area contributed by atoms with Crippen LogP contribution in [0.15, 0.2) is 24.3 Å². The van der Waals surface area contributed by atoms with Crippen molar-refractivity contribution in [3.05, 3.63) is 29.8 Å². The van der Waals surface area contributed by atoms with Gasteiger partial charge in [0.05, 0.1) is 0 Å². The summed E-state index contributed by atoms with van der Waals surface area (Å²) >= 11 is 0. The van der Waals surface area contributed by atoms with Gasteiger partial charge in [0.15, 0.2) is 0 Å². The van der Waals surface area contributed by atoms with Gasteiger partial charge in [-0.2, -0.15) is 0 Å². The molecule has 2 heterocycles. The molecule has 0 bridgehead atoms. The Hall–Kier alpha value is -1.96. The Labute approximate surface area is 131 Å². The van der Waals surface area contributed by atoms with Crippen molar-refractivity contribution in [3.63, 3.8) is 0 Å². The van der Waals surface area contributed by atoms with Crippen molar-refractivity contribution >= 4 is 6.09 Å². The molecular weight excluding hydrogens is 313 g/mol. The summed E-state index contributed by atoms with van der Waals surface area (Å²) in [7, 11) is 0. The molecule has 126 valence electrons. The summed E-state index contributed by atoms with van der Waals surface area (Å²) in [5.74, 6) is 0.676. The Kier molecular flexibility index (Phi) is 4.34. The highest BCUT2D eigenvalue weighted by atomic mass is 19.4. The van der Waals surface area contributed by atoms with Crippen molar-refractivity contribution < 1.29 is 27.4 Å². The van der Waals surface area contributed by atoms with Gasteiger partial charge in [-0.25, -0.2) is 4.79 Å². The van der Waals surface area contributed by atoms with E-state index < -0.39 is 6.36 Å². The van der Waals surface area contributed by atoms with Gasteiger partial charge in [-0.3, -0.25) is 0 Å². The lowest BCUT2D eigenvalue weighted by atomic mass is 10.0. The van der Waals surface area contributed by atoms with Gasteiger partial charge >= 0.3 is 12.5 Å². The molecule has 2 atom stereocenters. The molecule has 23 heavy (non-hydrogen) atoms. The lowest BCUT2D eigenvalue weighted by molar-refractivity contribution is -0.274. The maximum Gasteiger partial charge on any atom is 0.573 e. The fourth-order valence-electron chi connectivity index (χ4n) is 3.03. The smallest absolute Gasteiger partial charge is 0.445 e. The third-order valence-corrected chi connectivity index (χ3v) is 4.17. The van der Waals surface area contributed by atoms with Gasteiger partial charge in [0, 0.05) is 26.2 Å². The molecular formula is C15H17F3N2O3. The van der Waals surface area contributed by atoms with Crippen molar-refractivity contribution in [2.24, 2.45) is 11.8 Å². The van der Waals surface area contributed by atoms with Crippen molar-refractivity contribution in [3.8, 4) is 5.75 Å². The van der Waals surface area contributed by atoms with Gasteiger partial charge in [0.25, 0.3) is 0 Å². The minimum Gasteiger partial charge on any atom is -0.445 e. The molecule has 8 heteroatoms. The third-order valence-electron chi connectivity index (χ3n) is 4.17. The maximum absolute atomic E-state index is 12.1. The van der Waals surface area contributed by atoms with Crippen molar-refractivity contribution in [1.29, 1.82) is 0 Å². The normalized spacial score (nSPS) is 23.7. The lowest BCUT2D eigenvalue weighted by Crippen LogP contribution is -2.32. The zero-order valence-corrected chi connectivity index (χ0v) is 12.3. The maximum atomic E-state index is 12.1. The molecule has 5 nitrogen and oxygen atoms in total. The number of likely N-dealkylation sites (tertiary alicyclic amines) is 1. The van der Waals surface area contributed by atoms with Crippen LogP contribution in [0, 0.1) is 11.8 Å². The Morgan fingerprint density at radius 2 is 1.78 bits per heavy atom. The highest BCUT2D eigenvalue weighted by Crippen LogP contribution is 2.27. The predicted molar refractivity (Wildman–Crippen MR) is 74.7 cm³/mol. The third kappa shape index (κ3) is 4.07. The Morgan fingerprint density at radius 3 is 2.35 bits per heavy atom. The molecule has 1 aromatic rings. The molecule has 2 aliphatic heterocycles. The molecule has 0 aromatic heterocycles. The fourth-order valence-corrected chi connectivity index (χ4v) is 3.03. The number of carbonyl (C=O) groups is 1. The summed E-state index contributed by atoms with van der Waals surface area (Å²) < 4.78 is 45.2. The van der Waals surface area contributed by atoms with E-state index in [-0.39, 0.29) is 18.4 Å². The van der Waals surface area contributed by atoms with E-state index in [4.69, 9.17) is 4.74 Å². The molecule has 2 aliphatic rings. The molecule has 0 saturated carbocycles. The van der Waals surface area contributed by atoms with Crippen LogP contribution in [0.4, 0.5) is 18.0 Å². The average molecular weight is 330 g/mol. The van der Waals surface area contributed by atoms with Crippen molar-refractivity contribution in [1.82, 2.24) is 10.2 Å². The minimum atomic E-state index is -4.71. The van der Waals surface area contributed by atoms with Gasteiger partial charge in [-0.1, -0.05) is 12.1 Å². The van der Waals surface area contributed by atoms with E-state index in [1.54, 1.807) is 4.90 Å². The molecule has 2 saturated heterocycles. The van der Waals surface area contributed by atoms with Gasteiger partial charge in [-0.15, -0.1) is 13.2 Å². The molecule has 0 unspecified atom stereocenters. The molecule has 3 rings (SSSR count). The van der Waals surface area contributed by atoms with Gasteiger partial charge in [0.2, 0.25) is 0 Å². The number of ether oxygens (including phenoxy) is 2. The number of fused-ring (bicyclic) bond motifs is 1. The van der Waals surface area contributed by atoms with Crippen LogP contribution in [0.2, 0.25) is 0 Å². The number of nitrogens with zero attached hydrogens (tertiary/aromatic N) is 1. The van der Waals surface area contributed by atoms with Crippen LogP contribution in [0.5, 0.6) is 5.75 Å². The molecule has 1 amide bonds. The van der Waals surface area contributed by atoms with Crippen LogP contribution in [0.25, 0.3) is 0 Å². The summed E-state index contributed by atoms with van der Waals surface area (Å²) in [6.45, 7) is 3.25.